The minimum atomic E-state index is -1.35. The van der Waals surface area contributed by atoms with Crippen LogP contribution >= 0.6 is 0 Å². The average molecular weight is 409 g/mol. The molecule has 0 fully saturated rings. The minimum absolute atomic E-state index is 0.173. The number of carbonyl (C=O) groups excluding carboxylic acids is 1. The number of hydrogen-bond donors (Lipinski definition) is 3. The first-order valence-corrected chi connectivity index (χ1v) is 8.30. The predicted molar refractivity (Wildman–Crippen MR) is 97.2 cm³/mol. The molecule has 1 aromatic heterocycles. The molecule has 3 N–H and O–H groups in total. The van der Waals surface area contributed by atoms with Crippen molar-refractivity contribution in [3.8, 4) is 5.88 Å². The molecular weight excluding hydrogens is 390 g/mol. The summed E-state index contributed by atoms with van der Waals surface area (Å²) in [6.07, 6.45) is -0.317. The van der Waals surface area contributed by atoms with Gasteiger partial charge >= 0.3 is 11.6 Å². The first-order valence-electron chi connectivity index (χ1n) is 8.30. The summed E-state index contributed by atoms with van der Waals surface area (Å²) in [5, 5.41) is 47.9. The molecule has 1 heterocycles. The first-order chi connectivity index (χ1) is 13.7. The van der Waals surface area contributed by atoms with E-state index in [1.54, 1.807) is 0 Å². The molecule has 2 aromatic rings. The molecule has 0 saturated heterocycles. The molecule has 0 aliphatic heterocycles. The summed E-state index contributed by atoms with van der Waals surface area (Å²) in [5.74, 6) is -0.940. The van der Waals surface area contributed by atoms with Crippen molar-refractivity contribution >= 4 is 17.3 Å². The molecule has 0 radical (unpaired) electrons. The molecule has 156 valence electrons. The van der Waals surface area contributed by atoms with Gasteiger partial charge in [0.25, 0.3) is 5.69 Å². The van der Waals surface area contributed by atoms with E-state index in [-0.39, 0.29) is 17.1 Å². The van der Waals surface area contributed by atoms with Crippen LogP contribution in [-0.2, 0) is 4.79 Å². The molecule has 0 bridgehead atoms. The van der Waals surface area contributed by atoms with Crippen molar-refractivity contribution in [3.63, 3.8) is 0 Å². The van der Waals surface area contributed by atoms with Crippen LogP contribution in [-0.4, -0.2) is 55.5 Å². The second-order valence-electron chi connectivity index (χ2n) is 6.03. The Bertz CT molecular complexity index is 897. The summed E-state index contributed by atoms with van der Waals surface area (Å²) >= 11 is 0. The smallest absolute Gasteiger partial charge is 0.350 e. The van der Waals surface area contributed by atoms with Gasteiger partial charge in [0.1, 0.15) is 18.3 Å². The lowest BCUT2D eigenvalue weighted by molar-refractivity contribution is -0.385. The highest BCUT2D eigenvalue weighted by Crippen LogP contribution is 2.26. The van der Waals surface area contributed by atoms with Crippen LogP contribution in [0.2, 0.25) is 0 Å². The van der Waals surface area contributed by atoms with Crippen LogP contribution in [0.4, 0.5) is 11.4 Å². The second kappa shape index (κ2) is 9.07. The third kappa shape index (κ3) is 4.83. The molecule has 0 saturated carbocycles. The van der Waals surface area contributed by atoms with Gasteiger partial charge in [0, 0.05) is 12.1 Å². The maximum absolute atomic E-state index is 12.5. The summed E-state index contributed by atoms with van der Waals surface area (Å²) in [5.41, 5.74) is -0.343. The quantitative estimate of drug-likeness (QED) is 0.391. The predicted octanol–water partition coefficient (Wildman–Crippen LogP) is 0.480. The highest BCUT2D eigenvalue weighted by molar-refractivity contribution is 5.80. The fraction of sp³-hybridized carbons (Fsp3) is 0.375. The zero-order valence-corrected chi connectivity index (χ0v) is 15.5. The van der Waals surface area contributed by atoms with Gasteiger partial charge in [-0.15, -0.1) is 5.10 Å². The molecule has 0 aliphatic carbocycles. The third-order valence-electron chi connectivity index (χ3n) is 4.20. The topological polar surface area (TPSA) is 183 Å². The van der Waals surface area contributed by atoms with Crippen LogP contribution in [0, 0.1) is 20.2 Å². The molecule has 13 nitrogen and oxygen atoms in total. The standard InChI is InChI=1S/C16H19N5O8/c1-9(19-7-13(21(27)28)16(18-19)29-2)15(24)17-12(8-22)14(23)10-3-5-11(6-4-10)20(25)26/h3-7,9,12,14,22-23H,8H2,1-2H3,(H,17,24). The van der Waals surface area contributed by atoms with Gasteiger partial charge in [0.2, 0.25) is 5.91 Å². The highest BCUT2D eigenvalue weighted by Gasteiger charge is 2.28. The first kappa shape index (κ1) is 21.7. The molecule has 0 aliphatic rings. The number of nitro groups is 2. The number of methoxy groups -OCH3 is 1. The average Bonchev–Trinajstić information content (AvgIpc) is 3.15. The largest absolute Gasteiger partial charge is 0.475 e. The number of aliphatic hydroxyl groups excluding tert-OH is 2. The van der Waals surface area contributed by atoms with E-state index in [2.05, 4.69) is 10.4 Å². The molecule has 2 rings (SSSR count). The second-order valence-corrected chi connectivity index (χ2v) is 6.03. The van der Waals surface area contributed by atoms with Gasteiger partial charge in [-0.1, -0.05) is 0 Å². The summed E-state index contributed by atoms with van der Waals surface area (Å²) < 4.78 is 5.84. The van der Waals surface area contributed by atoms with E-state index in [0.717, 1.165) is 10.9 Å². The van der Waals surface area contributed by atoms with Gasteiger partial charge < -0.3 is 20.3 Å². The van der Waals surface area contributed by atoms with Crippen molar-refractivity contribution < 1.29 is 29.6 Å². The Morgan fingerprint density at radius 3 is 2.34 bits per heavy atom. The molecule has 0 spiro atoms. The summed E-state index contributed by atoms with van der Waals surface area (Å²) in [6.45, 7) is 0.789. The Hall–Kier alpha value is -3.58. The van der Waals surface area contributed by atoms with Gasteiger partial charge in [-0.05, 0) is 24.6 Å². The molecular formula is C16H19N5O8. The number of carbonyl (C=O) groups is 1. The zero-order chi connectivity index (χ0) is 21.7. The number of nitrogens with zero attached hydrogens (tertiary/aromatic N) is 4. The Balaban J connectivity index is 2.14. The molecule has 13 heteroatoms. The lowest BCUT2D eigenvalue weighted by Gasteiger charge is -2.24. The van der Waals surface area contributed by atoms with Crippen molar-refractivity contribution in [1.82, 2.24) is 15.1 Å². The summed E-state index contributed by atoms with van der Waals surface area (Å²) in [6, 6.07) is 2.85. The van der Waals surface area contributed by atoms with E-state index < -0.39 is 46.2 Å². The van der Waals surface area contributed by atoms with E-state index in [4.69, 9.17) is 4.74 Å². The number of aromatic nitrogens is 2. The van der Waals surface area contributed by atoms with Crippen LogP contribution < -0.4 is 10.1 Å². The fourth-order valence-corrected chi connectivity index (χ4v) is 2.51. The van der Waals surface area contributed by atoms with E-state index in [1.165, 1.54) is 38.3 Å². The maximum Gasteiger partial charge on any atom is 0.350 e. The molecule has 1 aromatic carbocycles. The Labute approximate surface area is 163 Å². The SMILES string of the molecule is COc1nn(C(C)C(=O)NC(CO)C(O)c2ccc([N+](=O)[O-])cc2)cc1[N+](=O)[O-]. The van der Waals surface area contributed by atoms with Gasteiger partial charge in [-0.3, -0.25) is 25.0 Å². The Morgan fingerprint density at radius 2 is 1.90 bits per heavy atom. The van der Waals surface area contributed by atoms with Crippen LogP contribution in [0.3, 0.4) is 0 Å². The number of hydrogen-bond acceptors (Lipinski definition) is 9. The Morgan fingerprint density at radius 1 is 1.28 bits per heavy atom. The third-order valence-corrected chi connectivity index (χ3v) is 4.20. The molecule has 3 atom stereocenters. The van der Waals surface area contributed by atoms with Crippen molar-refractivity contribution in [2.45, 2.75) is 25.1 Å². The van der Waals surface area contributed by atoms with Gasteiger partial charge in [0.15, 0.2) is 0 Å². The van der Waals surface area contributed by atoms with Gasteiger partial charge in [-0.2, -0.15) is 0 Å². The number of benzene rings is 1. The molecule has 3 unspecified atom stereocenters. The molecule has 1 amide bonds. The fourth-order valence-electron chi connectivity index (χ4n) is 2.51. The number of ether oxygens (including phenoxy) is 1. The highest BCUT2D eigenvalue weighted by atomic mass is 16.6. The van der Waals surface area contributed by atoms with Crippen molar-refractivity contribution in [2.75, 3.05) is 13.7 Å². The van der Waals surface area contributed by atoms with E-state index in [1.807, 2.05) is 0 Å². The van der Waals surface area contributed by atoms with Gasteiger partial charge in [0.05, 0.1) is 29.6 Å². The van der Waals surface area contributed by atoms with Crippen LogP contribution in [0.5, 0.6) is 5.88 Å². The van der Waals surface area contributed by atoms with Crippen LogP contribution in [0.15, 0.2) is 30.5 Å². The summed E-state index contributed by atoms with van der Waals surface area (Å²) in [4.78, 5) is 32.9. The normalized spacial score (nSPS) is 13.9. The zero-order valence-electron chi connectivity index (χ0n) is 15.5. The number of amides is 1. The number of nitrogens with one attached hydrogen (secondary N) is 1. The maximum atomic E-state index is 12.5. The summed E-state index contributed by atoms with van der Waals surface area (Å²) in [7, 11) is 1.20. The van der Waals surface area contributed by atoms with Gasteiger partial charge in [-0.25, -0.2) is 4.68 Å². The number of aliphatic hydroxyl groups is 2. The van der Waals surface area contributed by atoms with E-state index in [0.29, 0.717) is 0 Å². The van der Waals surface area contributed by atoms with Crippen LogP contribution in [0.25, 0.3) is 0 Å². The number of nitro benzene ring substituents is 1. The number of non-ortho nitro benzene ring substituents is 1. The molecule has 29 heavy (non-hydrogen) atoms. The van der Waals surface area contributed by atoms with Crippen molar-refractivity contribution in [3.05, 3.63) is 56.3 Å². The lowest BCUT2D eigenvalue weighted by atomic mass is 10.0. The lowest BCUT2D eigenvalue weighted by Crippen LogP contribution is -2.44. The Kier molecular flexibility index (Phi) is 6.80. The number of rotatable bonds is 9. The minimum Gasteiger partial charge on any atom is -0.475 e. The van der Waals surface area contributed by atoms with Crippen molar-refractivity contribution in [1.29, 1.82) is 0 Å². The monoisotopic (exact) mass is 409 g/mol. The van der Waals surface area contributed by atoms with Crippen LogP contribution in [0.1, 0.15) is 24.6 Å². The van der Waals surface area contributed by atoms with Crippen molar-refractivity contribution in [2.24, 2.45) is 0 Å². The van der Waals surface area contributed by atoms with E-state index >= 15 is 0 Å². The van der Waals surface area contributed by atoms with E-state index in [9.17, 15) is 35.2 Å².